The largest absolute Gasteiger partial charge is 0.493 e. The van der Waals surface area contributed by atoms with Crippen LogP contribution in [-0.2, 0) is 4.79 Å². The Morgan fingerprint density at radius 3 is 2.56 bits per heavy atom. The summed E-state index contributed by atoms with van der Waals surface area (Å²) in [5.74, 6) is -0.0787. The van der Waals surface area contributed by atoms with E-state index in [-0.39, 0.29) is 29.9 Å². The molecule has 2 unspecified atom stereocenters. The van der Waals surface area contributed by atoms with Gasteiger partial charge in [-0.3, -0.25) is 14.6 Å². The van der Waals surface area contributed by atoms with Gasteiger partial charge in [0.1, 0.15) is 0 Å². The molecule has 1 N–H and O–H groups in total. The Bertz CT molecular complexity index is 1240. The zero-order valence-corrected chi connectivity index (χ0v) is 20.1. The number of methoxy groups -OCH3 is 1. The van der Waals surface area contributed by atoms with Crippen LogP contribution in [-0.4, -0.2) is 41.5 Å². The van der Waals surface area contributed by atoms with Crippen molar-refractivity contribution in [1.82, 2.24) is 15.3 Å². The van der Waals surface area contributed by atoms with Crippen molar-refractivity contribution < 1.29 is 23.5 Å². The Balaban J connectivity index is 1.76. The van der Waals surface area contributed by atoms with Crippen LogP contribution in [0.25, 0.3) is 0 Å². The SMILES string of the molecule is CCC1CC(=O)N(C(NC(=O)c2ccncc2)c2ccccc2)N=C1c1ccc(OCF)c(OC)c1. The number of hydrogen-bond donors (Lipinski definition) is 1. The van der Waals surface area contributed by atoms with Crippen molar-refractivity contribution in [3.63, 3.8) is 0 Å². The van der Waals surface area contributed by atoms with Crippen LogP contribution < -0.4 is 14.8 Å². The Kier molecular flexibility index (Phi) is 7.89. The third kappa shape index (κ3) is 5.35. The Hall–Kier alpha value is -4.27. The molecule has 186 valence electrons. The van der Waals surface area contributed by atoms with Crippen LogP contribution in [0, 0.1) is 5.92 Å². The number of hydrazone groups is 1. The first-order chi connectivity index (χ1) is 17.5. The maximum atomic E-state index is 13.3. The Labute approximate surface area is 208 Å². The van der Waals surface area contributed by atoms with E-state index in [9.17, 15) is 14.0 Å². The second-order valence-corrected chi connectivity index (χ2v) is 8.17. The number of nitrogens with one attached hydrogen (secondary N) is 1. The predicted molar refractivity (Wildman–Crippen MR) is 132 cm³/mol. The lowest BCUT2D eigenvalue weighted by Gasteiger charge is -2.35. The zero-order valence-electron chi connectivity index (χ0n) is 20.1. The monoisotopic (exact) mass is 490 g/mol. The van der Waals surface area contributed by atoms with Crippen molar-refractivity contribution in [1.29, 1.82) is 0 Å². The maximum absolute atomic E-state index is 13.3. The van der Waals surface area contributed by atoms with Crippen LogP contribution in [0.1, 0.15) is 47.4 Å². The molecular formula is C27H27FN4O4. The lowest BCUT2D eigenvalue weighted by molar-refractivity contribution is -0.135. The summed E-state index contributed by atoms with van der Waals surface area (Å²) in [4.78, 5) is 30.3. The summed E-state index contributed by atoms with van der Waals surface area (Å²) in [7, 11) is 1.47. The molecule has 0 saturated carbocycles. The maximum Gasteiger partial charge on any atom is 0.253 e. The second kappa shape index (κ2) is 11.4. The Morgan fingerprint density at radius 2 is 1.89 bits per heavy atom. The number of ether oxygens (including phenoxy) is 2. The molecule has 2 aromatic carbocycles. The van der Waals surface area contributed by atoms with E-state index in [1.165, 1.54) is 24.5 Å². The number of hydrogen-bond acceptors (Lipinski definition) is 6. The van der Waals surface area contributed by atoms with Gasteiger partial charge in [0.2, 0.25) is 12.8 Å². The van der Waals surface area contributed by atoms with Crippen molar-refractivity contribution in [3.05, 3.63) is 89.7 Å². The number of benzene rings is 2. The minimum absolute atomic E-state index is 0.140. The zero-order chi connectivity index (χ0) is 25.5. The number of halogens is 1. The Morgan fingerprint density at radius 1 is 1.14 bits per heavy atom. The van der Waals surface area contributed by atoms with E-state index < -0.39 is 13.0 Å². The van der Waals surface area contributed by atoms with E-state index in [1.807, 2.05) is 37.3 Å². The summed E-state index contributed by atoms with van der Waals surface area (Å²) in [6.45, 7) is 1.01. The lowest BCUT2D eigenvalue weighted by Crippen LogP contribution is -2.46. The highest BCUT2D eigenvalue weighted by Gasteiger charge is 2.35. The summed E-state index contributed by atoms with van der Waals surface area (Å²) in [5.41, 5.74) is 2.51. The van der Waals surface area contributed by atoms with Crippen molar-refractivity contribution in [2.75, 3.05) is 14.0 Å². The molecule has 0 saturated heterocycles. The number of pyridine rings is 1. The summed E-state index contributed by atoms with van der Waals surface area (Å²) in [6.07, 6.45) is 3.13. The third-order valence-corrected chi connectivity index (χ3v) is 6.01. The van der Waals surface area contributed by atoms with Crippen LogP contribution in [0.2, 0.25) is 0 Å². The first-order valence-corrected chi connectivity index (χ1v) is 11.6. The molecule has 36 heavy (non-hydrogen) atoms. The van der Waals surface area contributed by atoms with Gasteiger partial charge in [-0.1, -0.05) is 37.3 Å². The van der Waals surface area contributed by atoms with Crippen LogP contribution >= 0.6 is 0 Å². The van der Waals surface area contributed by atoms with Gasteiger partial charge >= 0.3 is 0 Å². The van der Waals surface area contributed by atoms with E-state index in [1.54, 1.807) is 30.3 Å². The van der Waals surface area contributed by atoms with Crippen LogP contribution in [0.3, 0.4) is 0 Å². The van der Waals surface area contributed by atoms with E-state index in [0.29, 0.717) is 29.0 Å². The number of carbonyl (C=O) groups excluding carboxylic acids is 2. The highest BCUT2D eigenvalue weighted by Crippen LogP contribution is 2.33. The quantitative estimate of drug-likeness (QED) is 0.477. The smallest absolute Gasteiger partial charge is 0.253 e. The van der Waals surface area contributed by atoms with Crippen molar-refractivity contribution in [3.8, 4) is 11.5 Å². The van der Waals surface area contributed by atoms with Gasteiger partial charge in [0.15, 0.2) is 17.7 Å². The normalized spacial score (nSPS) is 16.2. The fourth-order valence-corrected chi connectivity index (χ4v) is 4.12. The minimum atomic E-state index is -0.980. The fourth-order valence-electron chi connectivity index (χ4n) is 4.12. The third-order valence-electron chi connectivity index (χ3n) is 6.01. The van der Waals surface area contributed by atoms with Crippen molar-refractivity contribution in [2.24, 2.45) is 11.0 Å². The molecule has 3 aromatic rings. The van der Waals surface area contributed by atoms with Gasteiger partial charge < -0.3 is 14.8 Å². The summed E-state index contributed by atoms with van der Waals surface area (Å²) in [6, 6.07) is 17.5. The molecule has 0 spiro atoms. The molecular weight excluding hydrogens is 463 g/mol. The number of alkyl halides is 1. The molecule has 1 aromatic heterocycles. The van der Waals surface area contributed by atoms with Crippen LogP contribution in [0.4, 0.5) is 4.39 Å². The molecule has 4 rings (SSSR count). The van der Waals surface area contributed by atoms with E-state index in [0.717, 1.165) is 5.56 Å². The molecule has 8 nitrogen and oxygen atoms in total. The molecule has 0 fully saturated rings. The standard InChI is InChI=1S/C27H27FN4O4/c1-3-18-16-24(33)32(31-25(18)21-9-10-22(36-17-28)23(15-21)35-2)26(19-7-5-4-6-8-19)30-27(34)20-11-13-29-14-12-20/h4-15,18,26H,3,16-17H2,1-2H3,(H,30,34). The first kappa shape index (κ1) is 24.8. The highest BCUT2D eigenvalue weighted by molar-refractivity contribution is 6.06. The fraction of sp³-hybridized carbons (Fsp3) is 0.259. The highest BCUT2D eigenvalue weighted by atomic mass is 19.1. The topological polar surface area (TPSA) is 93.1 Å². The number of rotatable bonds is 9. The average molecular weight is 491 g/mol. The van der Waals surface area contributed by atoms with E-state index in [2.05, 4.69) is 10.3 Å². The van der Waals surface area contributed by atoms with Crippen molar-refractivity contribution in [2.45, 2.75) is 25.9 Å². The molecule has 2 heterocycles. The lowest BCUT2D eigenvalue weighted by atomic mass is 9.89. The molecule has 2 atom stereocenters. The predicted octanol–water partition coefficient (Wildman–Crippen LogP) is 4.49. The first-order valence-electron chi connectivity index (χ1n) is 11.6. The second-order valence-electron chi connectivity index (χ2n) is 8.17. The molecule has 0 aliphatic carbocycles. The van der Waals surface area contributed by atoms with Gasteiger partial charge in [0.25, 0.3) is 5.91 Å². The number of aromatic nitrogens is 1. The molecule has 0 bridgehead atoms. The summed E-state index contributed by atoms with van der Waals surface area (Å²) < 4.78 is 23.1. The average Bonchev–Trinajstić information content (AvgIpc) is 2.93. The van der Waals surface area contributed by atoms with Crippen LogP contribution in [0.15, 0.2) is 78.2 Å². The van der Waals surface area contributed by atoms with Gasteiger partial charge in [-0.05, 0) is 42.3 Å². The molecule has 2 amide bonds. The minimum Gasteiger partial charge on any atom is -0.493 e. The number of carbonyl (C=O) groups is 2. The van der Waals surface area contributed by atoms with Gasteiger partial charge in [-0.25, -0.2) is 9.40 Å². The summed E-state index contributed by atoms with van der Waals surface area (Å²) in [5, 5.41) is 9.04. The van der Waals surface area contributed by atoms with Gasteiger partial charge in [0, 0.05) is 35.9 Å². The van der Waals surface area contributed by atoms with Crippen LogP contribution in [0.5, 0.6) is 11.5 Å². The van der Waals surface area contributed by atoms with Gasteiger partial charge in [-0.2, -0.15) is 5.10 Å². The van der Waals surface area contributed by atoms with Gasteiger partial charge in [-0.15, -0.1) is 0 Å². The molecule has 9 heteroatoms. The van der Waals surface area contributed by atoms with E-state index >= 15 is 0 Å². The van der Waals surface area contributed by atoms with Gasteiger partial charge in [0.05, 0.1) is 12.8 Å². The number of amides is 2. The molecule has 0 radical (unpaired) electrons. The number of nitrogens with zero attached hydrogens (tertiary/aromatic N) is 3. The van der Waals surface area contributed by atoms with E-state index in [4.69, 9.17) is 14.6 Å². The van der Waals surface area contributed by atoms with Crippen molar-refractivity contribution >= 4 is 17.5 Å². The summed E-state index contributed by atoms with van der Waals surface area (Å²) >= 11 is 0. The molecule has 1 aliphatic rings. The molecule has 1 aliphatic heterocycles.